The Labute approximate surface area is 53.6 Å². The van der Waals surface area contributed by atoms with Gasteiger partial charge in [-0.25, -0.2) is 0 Å². The lowest BCUT2D eigenvalue weighted by atomic mass is 10.0. The molecule has 0 fully saturated rings. The maximum atomic E-state index is 5.52. The van der Waals surface area contributed by atoms with Gasteiger partial charge in [-0.1, -0.05) is 0 Å². The minimum absolute atomic E-state index is 0.347. The predicted molar refractivity (Wildman–Crippen MR) is 34.3 cm³/mol. The Morgan fingerprint density at radius 1 is 1.33 bits per heavy atom. The van der Waals surface area contributed by atoms with E-state index in [4.69, 9.17) is 11.5 Å². The molecule has 0 aromatic rings. The second kappa shape index (κ2) is 1.46. The van der Waals surface area contributed by atoms with Crippen LogP contribution in [0, 0.1) is 0 Å². The fourth-order valence-corrected chi connectivity index (χ4v) is 0.600. The molecule has 0 atom stereocenters. The van der Waals surface area contributed by atoms with Gasteiger partial charge in [0.25, 0.3) is 0 Å². The molecule has 0 saturated heterocycles. The molecule has 0 bridgehead atoms. The second-order valence-corrected chi connectivity index (χ2v) is 2.56. The van der Waals surface area contributed by atoms with Crippen LogP contribution in [0.5, 0.6) is 0 Å². The standard InChI is InChI=1S/C5H10N4/c1-5(2)3(6)4(7)8-9-5/h6-7H2,1-2H3. The molecule has 4 nitrogen and oxygen atoms in total. The molecule has 0 amide bonds. The first-order chi connectivity index (χ1) is 4.04. The Balaban J connectivity index is 3.01. The van der Waals surface area contributed by atoms with Crippen molar-refractivity contribution in [3.8, 4) is 0 Å². The molecule has 0 radical (unpaired) electrons. The fraction of sp³-hybridized carbons (Fsp3) is 0.600. The van der Waals surface area contributed by atoms with Gasteiger partial charge >= 0.3 is 0 Å². The van der Waals surface area contributed by atoms with Gasteiger partial charge in [0, 0.05) is 0 Å². The summed E-state index contributed by atoms with van der Waals surface area (Å²) in [6.45, 7) is 3.73. The van der Waals surface area contributed by atoms with E-state index >= 15 is 0 Å². The summed E-state index contributed by atoms with van der Waals surface area (Å²) in [4.78, 5) is 0. The summed E-state index contributed by atoms with van der Waals surface area (Å²) >= 11 is 0. The summed E-state index contributed by atoms with van der Waals surface area (Å²) in [5.74, 6) is 0.347. The summed E-state index contributed by atoms with van der Waals surface area (Å²) in [6, 6.07) is 0. The van der Waals surface area contributed by atoms with Gasteiger partial charge in [-0.15, -0.1) is 5.11 Å². The lowest BCUT2D eigenvalue weighted by Gasteiger charge is -2.11. The van der Waals surface area contributed by atoms with Crippen molar-refractivity contribution in [3.05, 3.63) is 11.5 Å². The van der Waals surface area contributed by atoms with Crippen LogP contribution in [0.25, 0.3) is 0 Å². The molecular formula is C5H10N4. The quantitative estimate of drug-likeness (QED) is 0.490. The van der Waals surface area contributed by atoms with Crippen molar-refractivity contribution >= 4 is 0 Å². The molecule has 0 aliphatic carbocycles. The highest BCUT2D eigenvalue weighted by Gasteiger charge is 2.27. The van der Waals surface area contributed by atoms with Gasteiger partial charge in [0.05, 0.1) is 5.70 Å². The van der Waals surface area contributed by atoms with E-state index in [0.717, 1.165) is 0 Å². The number of nitrogens with two attached hydrogens (primary N) is 2. The number of nitrogens with zero attached hydrogens (tertiary/aromatic N) is 2. The molecule has 50 valence electrons. The van der Waals surface area contributed by atoms with Crippen molar-refractivity contribution in [2.45, 2.75) is 19.4 Å². The zero-order chi connectivity index (χ0) is 7.07. The molecule has 1 rings (SSSR count). The minimum atomic E-state index is -0.385. The first kappa shape index (κ1) is 6.07. The molecule has 1 heterocycles. The summed E-state index contributed by atoms with van der Waals surface area (Å²) < 4.78 is 0. The van der Waals surface area contributed by atoms with E-state index in [1.54, 1.807) is 0 Å². The maximum absolute atomic E-state index is 5.52. The molecule has 1 aliphatic rings. The first-order valence-electron chi connectivity index (χ1n) is 2.72. The SMILES string of the molecule is CC1(C)N=NC(N)=C1N. The number of azo groups is 1. The Hall–Kier alpha value is -1.06. The molecule has 1 aliphatic heterocycles. The van der Waals surface area contributed by atoms with E-state index in [9.17, 15) is 0 Å². The Bertz CT molecular complexity index is 189. The number of rotatable bonds is 0. The molecule has 0 aromatic carbocycles. The highest BCUT2D eigenvalue weighted by atomic mass is 15.2. The van der Waals surface area contributed by atoms with Crippen LogP contribution in [-0.4, -0.2) is 5.54 Å². The lowest BCUT2D eigenvalue weighted by Crippen LogP contribution is -2.24. The van der Waals surface area contributed by atoms with Crippen LogP contribution < -0.4 is 11.5 Å². The van der Waals surface area contributed by atoms with Gasteiger partial charge in [-0.2, -0.15) is 5.11 Å². The average molecular weight is 126 g/mol. The third-order valence-electron chi connectivity index (χ3n) is 1.34. The summed E-state index contributed by atoms with van der Waals surface area (Å²) in [5, 5.41) is 7.46. The molecule has 0 spiro atoms. The van der Waals surface area contributed by atoms with Gasteiger partial charge in [-0.3, -0.25) is 0 Å². The Morgan fingerprint density at radius 3 is 2.00 bits per heavy atom. The van der Waals surface area contributed by atoms with E-state index < -0.39 is 0 Å². The molecule has 9 heavy (non-hydrogen) atoms. The van der Waals surface area contributed by atoms with Crippen LogP contribution in [-0.2, 0) is 0 Å². The molecule has 0 saturated carbocycles. The van der Waals surface area contributed by atoms with E-state index in [2.05, 4.69) is 10.2 Å². The van der Waals surface area contributed by atoms with Crippen molar-refractivity contribution in [1.82, 2.24) is 0 Å². The summed E-state index contributed by atoms with van der Waals surface area (Å²) in [7, 11) is 0. The normalized spacial score (nSPS) is 23.3. The maximum Gasteiger partial charge on any atom is 0.167 e. The topological polar surface area (TPSA) is 76.8 Å². The van der Waals surface area contributed by atoms with Crippen molar-refractivity contribution in [2.24, 2.45) is 21.7 Å². The number of hydrogen-bond donors (Lipinski definition) is 2. The van der Waals surface area contributed by atoms with Gasteiger partial charge < -0.3 is 11.5 Å². The zero-order valence-corrected chi connectivity index (χ0v) is 5.55. The number of hydrogen-bond acceptors (Lipinski definition) is 4. The van der Waals surface area contributed by atoms with Gasteiger partial charge in [0.2, 0.25) is 0 Å². The highest BCUT2D eigenvalue weighted by molar-refractivity contribution is 5.22. The molecule has 4 N–H and O–H groups in total. The lowest BCUT2D eigenvalue weighted by molar-refractivity contribution is 0.602. The van der Waals surface area contributed by atoms with Gasteiger partial charge in [0.15, 0.2) is 5.82 Å². The van der Waals surface area contributed by atoms with Crippen LogP contribution in [0.4, 0.5) is 0 Å². The van der Waals surface area contributed by atoms with Gasteiger partial charge in [-0.05, 0) is 13.8 Å². The van der Waals surface area contributed by atoms with Crippen LogP contribution >= 0.6 is 0 Å². The third kappa shape index (κ3) is 0.759. The van der Waals surface area contributed by atoms with Crippen molar-refractivity contribution in [3.63, 3.8) is 0 Å². The smallest absolute Gasteiger partial charge is 0.167 e. The largest absolute Gasteiger partial charge is 0.397 e. The molecule has 4 heteroatoms. The van der Waals surface area contributed by atoms with E-state index in [1.165, 1.54) is 0 Å². The summed E-state index contributed by atoms with van der Waals surface area (Å²) in [6.07, 6.45) is 0. The second-order valence-electron chi connectivity index (χ2n) is 2.56. The first-order valence-corrected chi connectivity index (χ1v) is 2.72. The highest BCUT2D eigenvalue weighted by Crippen LogP contribution is 2.24. The molecule has 0 unspecified atom stereocenters. The summed E-state index contributed by atoms with van der Waals surface area (Å²) in [5.41, 5.74) is 11.0. The Morgan fingerprint density at radius 2 is 1.89 bits per heavy atom. The zero-order valence-electron chi connectivity index (χ0n) is 5.55. The van der Waals surface area contributed by atoms with Crippen LogP contribution in [0.3, 0.4) is 0 Å². The van der Waals surface area contributed by atoms with Crippen LogP contribution in [0.1, 0.15) is 13.8 Å². The van der Waals surface area contributed by atoms with Crippen molar-refractivity contribution in [2.75, 3.05) is 0 Å². The van der Waals surface area contributed by atoms with Crippen molar-refractivity contribution < 1.29 is 0 Å². The van der Waals surface area contributed by atoms with Crippen LogP contribution in [0.2, 0.25) is 0 Å². The van der Waals surface area contributed by atoms with E-state index in [0.29, 0.717) is 11.5 Å². The Kier molecular flexibility index (Phi) is 0.986. The fourth-order valence-electron chi connectivity index (χ4n) is 0.600. The molecular weight excluding hydrogens is 116 g/mol. The monoisotopic (exact) mass is 126 g/mol. The van der Waals surface area contributed by atoms with E-state index in [1.807, 2.05) is 13.8 Å². The van der Waals surface area contributed by atoms with Crippen molar-refractivity contribution in [1.29, 1.82) is 0 Å². The average Bonchev–Trinajstić information content (AvgIpc) is 1.97. The van der Waals surface area contributed by atoms with E-state index in [-0.39, 0.29) is 5.54 Å². The third-order valence-corrected chi connectivity index (χ3v) is 1.34. The predicted octanol–water partition coefficient (Wildman–Crippen LogP) is 0.317. The molecule has 0 aromatic heterocycles. The van der Waals surface area contributed by atoms with Crippen LogP contribution in [0.15, 0.2) is 21.7 Å². The van der Waals surface area contributed by atoms with Gasteiger partial charge in [0.1, 0.15) is 5.54 Å². The minimum Gasteiger partial charge on any atom is -0.397 e.